The highest BCUT2D eigenvalue weighted by molar-refractivity contribution is 7.19. The fourth-order valence-electron chi connectivity index (χ4n) is 1.57. The van der Waals surface area contributed by atoms with Crippen LogP contribution in [0.5, 0.6) is 0 Å². The van der Waals surface area contributed by atoms with Crippen LogP contribution >= 0.6 is 11.3 Å². The van der Waals surface area contributed by atoms with Gasteiger partial charge in [-0.05, 0) is 37.8 Å². The van der Waals surface area contributed by atoms with Gasteiger partial charge in [-0.25, -0.2) is 0 Å². The Kier molecular flexibility index (Phi) is 2.33. The predicted molar refractivity (Wildman–Crippen MR) is 63.8 cm³/mol. The second-order valence-electron chi connectivity index (χ2n) is 4.42. The molecule has 1 heterocycles. The van der Waals surface area contributed by atoms with Gasteiger partial charge in [-0.3, -0.25) is 0 Å². The van der Waals surface area contributed by atoms with E-state index >= 15 is 0 Å². The summed E-state index contributed by atoms with van der Waals surface area (Å²) >= 11 is 1.84. The summed E-state index contributed by atoms with van der Waals surface area (Å²) in [5.41, 5.74) is 5.89. The molecular formula is C12H15NS. The second kappa shape index (κ2) is 3.37. The Balaban J connectivity index is 2.36. The first-order valence-electron chi connectivity index (χ1n) is 4.81. The van der Waals surface area contributed by atoms with E-state index < -0.39 is 0 Å². The molecule has 2 rings (SSSR count). The van der Waals surface area contributed by atoms with E-state index in [1.165, 1.54) is 15.0 Å². The third-order valence-corrected chi connectivity index (χ3v) is 3.22. The quantitative estimate of drug-likeness (QED) is 0.800. The van der Waals surface area contributed by atoms with Crippen LogP contribution < -0.4 is 5.73 Å². The Morgan fingerprint density at radius 2 is 2.00 bits per heavy atom. The standard InChI is InChI=1S/C12H15NS/c1-12(2,13)8-10-7-9-5-3-4-6-11(9)14-10/h3-7H,8,13H2,1-2H3. The molecule has 0 saturated carbocycles. The van der Waals surface area contributed by atoms with Crippen LogP contribution in [0.3, 0.4) is 0 Å². The first kappa shape index (κ1) is 9.69. The van der Waals surface area contributed by atoms with Gasteiger partial charge in [0.2, 0.25) is 0 Å². The largest absolute Gasteiger partial charge is 0.325 e. The minimum absolute atomic E-state index is 0.110. The van der Waals surface area contributed by atoms with Crippen molar-refractivity contribution in [3.63, 3.8) is 0 Å². The van der Waals surface area contributed by atoms with Gasteiger partial charge in [-0.2, -0.15) is 0 Å². The Hall–Kier alpha value is -0.860. The van der Waals surface area contributed by atoms with Crippen molar-refractivity contribution >= 4 is 21.4 Å². The fourth-order valence-corrected chi connectivity index (χ4v) is 2.88. The Bertz CT molecular complexity index is 404. The zero-order valence-corrected chi connectivity index (χ0v) is 9.40. The van der Waals surface area contributed by atoms with Gasteiger partial charge in [0.05, 0.1) is 0 Å². The molecule has 0 atom stereocenters. The predicted octanol–water partition coefficient (Wildman–Crippen LogP) is 3.18. The lowest BCUT2D eigenvalue weighted by atomic mass is 10.0. The smallest absolute Gasteiger partial charge is 0.0345 e. The van der Waals surface area contributed by atoms with Crippen molar-refractivity contribution in [2.75, 3.05) is 0 Å². The number of fused-ring (bicyclic) bond motifs is 1. The molecule has 2 N–H and O–H groups in total. The number of hydrogen-bond acceptors (Lipinski definition) is 2. The third kappa shape index (κ3) is 2.14. The zero-order chi connectivity index (χ0) is 10.2. The van der Waals surface area contributed by atoms with Crippen molar-refractivity contribution in [1.82, 2.24) is 0 Å². The summed E-state index contributed by atoms with van der Waals surface area (Å²) < 4.78 is 1.35. The maximum Gasteiger partial charge on any atom is 0.0345 e. The molecule has 1 aromatic carbocycles. The van der Waals surface area contributed by atoms with E-state index in [1.54, 1.807) is 0 Å². The molecule has 0 saturated heterocycles. The third-order valence-electron chi connectivity index (χ3n) is 2.11. The first-order chi connectivity index (χ1) is 6.54. The van der Waals surface area contributed by atoms with Crippen LogP contribution in [0.2, 0.25) is 0 Å². The number of hydrogen-bond donors (Lipinski definition) is 1. The average Bonchev–Trinajstić information content (AvgIpc) is 2.42. The summed E-state index contributed by atoms with van der Waals surface area (Å²) in [4.78, 5) is 1.37. The lowest BCUT2D eigenvalue weighted by Crippen LogP contribution is -2.33. The maximum absolute atomic E-state index is 6.00. The molecule has 0 aliphatic heterocycles. The highest BCUT2D eigenvalue weighted by Gasteiger charge is 2.13. The Morgan fingerprint density at radius 1 is 1.29 bits per heavy atom. The van der Waals surface area contributed by atoms with E-state index in [0.29, 0.717) is 0 Å². The topological polar surface area (TPSA) is 26.0 Å². The van der Waals surface area contributed by atoms with Crippen LogP contribution in [-0.4, -0.2) is 5.54 Å². The number of rotatable bonds is 2. The highest BCUT2D eigenvalue weighted by Crippen LogP contribution is 2.27. The SMILES string of the molecule is CC(C)(N)Cc1cc2ccccc2s1. The molecule has 14 heavy (non-hydrogen) atoms. The first-order valence-corrected chi connectivity index (χ1v) is 5.63. The van der Waals surface area contributed by atoms with Crippen molar-refractivity contribution in [2.45, 2.75) is 25.8 Å². The van der Waals surface area contributed by atoms with Crippen LogP contribution in [-0.2, 0) is 6.42 Å². The molecule has 0 bridgehead atoms. The van der Waals surface area contributed by atoms with Crippen LogP contribution in [0.1, 0.15) is 18.7 Å². The lowest BCUT2D eigenvalue weighted by Gasteiger charge is -2.16. The van der Waals surface area contributed by atoms with E-state index in [-0.39, 0.29) is 5.54 Å². The summed E-state index contributed by atoms with van der Waals surface area (Å²) in [6.07, 6.45) is 0.951. The Morgan fingerprint density at radius 3 is 2.64 bits per heavy atom. The minimum atomic E-state index is -0.110. The van der Waals surface area contributed by atoms with E-state index in [2.05, 4.69) is 44.2 Å². The molecule has 1 aromatic heterocycles. The van der Waals surface area contributed by atoms with E-state index in [4.69, 9.17) is 5.73 Å². The van der Waals surface area contributed by atoms with E-state index in [1.807, 2.05) is 11.3 Å². The molecule has 0 spiro atoms. The number of nitrogens with two attached hydrogens (primary N) is 1. The molecule has 0 aliphatic rings. The van der Waals surface area contributed by atoms with Crippen LogP contribution in [0.15, 0.2) is 30.3 Å². The van der Waals surface area contributed by atoms with Gasteiger partial charge in [0.15, 0.2) is 0 Å². The number of benzene rings is 1. The van der Waals surface area contributed by atoms with Gasteiger partial charge in [0.25, 0.3) is 0 Å². The summed E-state index contributed by atoms with van der Waals surface area (Å²) in [7, 11) is 0. The molecular weight excluding hydrogens is 190 g/mol. The molecule has 0 unspecified atom stereocenters. The maximum atomic E-state index is 6.00. The van der Waals surface area contributed by atoms with E-state index in [0.717, 1.165) is 6.42 Å². The van der Waals surface area contributed by atoms with Crippen molar-refractivity contribution in [3.8, 4) is 0 Å². The van der Waals surface area contributed by atoms with Crippen molar-refractivity contribution in [1.29, 1.82) is 0 Å². The van der Waals surface area contributed by atoms with Crippen molar-refractivity contribution < 1.29 is 0 Å². The molecule has 0 radical (unpaired) electrons. The monoisotopic (exact) mass is 205 g/mol. The molecule has 0 aliphatic carbocycles. The lowest BCUT2D eigenvalue weighted by molar-refractivity contribution is 0.521. The molecule has 2 aromatic rings. The molecule has 1 nitrogen and oxygen atoms in total. The second-order valence-corrected chi connectivity index (χ2v) is 5.58. The van der Waals surface area contributed by atoms with E-state index in [9.17, 15) is 0 Å². The van der Waals surface area contributed by atoms with Gasteiger partial charge >= 0.3 is 0 Å². The molecule has 2 heteroatoms. The summed E-state index contributed by atoms with van der Waals surface area (Å²) in [5.74, 6) is 0. The normalized spacial score (nSPS) is 12.2. The van der Waals surface area contributed by atoms with Crippen molar-refractivity contribution in [2.24, 2.45) is 5.73 Å². The van der Waals surface area contributed by atoms with Gasteiger partial charge in [0, 0.05) is 15.1 Å². The molecule has 0 fully saturated rings. The van der Waals surface area contributed by atoms with Crippen LogP contribution in [0.4, 0.5) is 0 Å². The molecule has 74 valence electrons. The summed E-state index contributed by atoms with van der Waals surface area (Å²) in [6, 6.07) is 10.7. The van der Waals surface area contributed by atoms with Crippen LogP contribution in [0, 0.1) is 0 Å². The van der Waals surface area contributed by atoms with Crippen LogP contribution in [0.25, 0.3) is 10.1 Å². The zero-order valence-electron chi connectivity index (χ0n) is 8.58. The van der Waals surface area contributed by atoms with Gasteiger partial charge < -0.3 is 5.73 Å². The van der Waals surface area contributed by atoms with Gasteiger partial charge in [-0.1, -0.05) is 18.2 Å². The molecule has 0 amide bonds. The fraction of sp³-hybridized carbons (Fsp3) is 0.333. The summed E-state index contributed by atoms with van der Waals surface area (Å²) in [5, 5.41) is 1.33. The van der Waals surface area contributed by atoms with Crippen molar-refractivity contribution in [3.05, 3.63) is 35.2 Å². The summed E-state index contributed by atoms with van der Waals surface area (Å²) in [6.45, 7) is 4.13. The minimum Gasteiger partial charge on any atom is -0.325 e. The number of thiophene rings is 1. The Labute approximate surface area is 88.6 Å². The van der Waals surface area contributed by atoms with Gasteiger partial charge in [-0.15, -0.1) is 11.3 Å². The highest BCUT2D eigenvalue weighted by atomic mass is 32.1. The average molecular weight is 205 g/mol. The van der Waals surface area contributed by atoms with Gasteiger partial charge in [0.1, 0.15) is 0 Å².